The molecule has 0 radical (unpaired) electrons. The summed E-state index contributed by atoms with van der Waals surface area (Å²) >= 11 is 0. The van der Waals surface area contributed by atoms with Crippen LogP contribution in [0.15, 0.2) is 36.5 Å². The van der Waals surface area contributed by atoms with Crippen LogP contribution in [0.3, 0.4) is 0 Å². The van der Waals surface area contributed by atoms with E-state index in [1.807, 2.05) is 0 Å². The van der Waals surface area contributed by atoms with E-state index in [0.717, 1.165) is 28.6 Å². The van der Waals surface area contributed by atoms with Crippen molar-refractivity contribution in [3.8, 4) is 0 Å². The van der Waals surface area contributed by atoms with Crippen LogP contribution in [-0.2, 0) is 30.7 Å². The van der Waals surface area contributed by atoms with Crippen LogP contribution in [0.1, 0.15) is 32.7 Å². The maximum Gasteiger partial charge on any atom is 0.416 e. The van der Waals surface area contributed by atoms with E-state index >= 15 is 0 Å². The highest BCUT2D eigenvalue weighted by Gasteiger charge is 2.30. The van der Waals surface area contributed by atoms with Crippen LogP contribution < -0.4 is 5.73 Å². The lowest BCUT2D eigenvalue weighted by atomic mass is 10.1. The number of pyridine rings is 2. The third kappa shape index (κ3) is 3.61. The van der Waals surface area contributed by atoms with Crippen LogP contribution in [0, 0.1) is 0 Å². The first kappa shape index (κ1) is 19.1. The largest absolute Gasteiger partial charge is 0.416 e. The van der Waals surface area contributed by atoms with E-state index in [4.69, 9.17) is 10.5 Å². The van der Waals surface area contributed by atoms with Gasteiger partial charge in [0, 0.05) is 24.5 Å². The number of ether oxygens (including phenoxy) is 1. The fraction of sp³-hybridized carbons (Fsp3) is 0.250. The molecule has 2 N–H and O–H groups in total. The molecule has 3 aromatic rings. The van der Waals surface area contributed by atoms with Gasteiger partial charge in [0.05, 0.1) is 30.5 Å². The number of rotatable bonds is 3. The van der Waals surface area contributed by atoms with Crippen molar-refractivity contribution in [2.45, 2.75) is 25.9 Å². The normalized spacial score (nSPS) is 13.5. The Morgan fingerprint density at radius 2 is 1.90 bits per heavy atom. The van der Waals surface area contributed by atoms with E-state index in [2.05, 4.69) is 9.97 Å². The minimum absolute atomic E-state index is 0.151. The zero-order valence-electron chi connectivity index (χ0n) is 15.5. The number of amides is 1. The molecular formula is C20H17F3N4O2. The van der Waals surface area contributed by atoms with Crippen LogP contribution in [0.5, 0.6) is 0 Å². The summed E-state index contributed by atoms with van der Waals surface area (Å²) in [4.78, 5) is 22.7. The summed E-state index contributed by atoms with van der Waals surface area (Å²) in [5.41, 5.74) is 8.31. The first-order chi connectivity index (χ1) is 13.7. The molecule has 0 saturated heterocycles. The first-order valence-electron chi connectivity index (χ1n) is 8.80. The Labute approximate surface area is 164 Å². The van der Waals surface area contributed by atoms with Crippen LogP contribution >= 0.6 is 0 Å². The van der Waals surface area contributed by atoms with E-state index in [9.17, 15) is 18.0 Å². The number of fused-ring (bicyclic) bond motifs is 3. The van der Waals surface area contributed by atoms with Gasteiger partial charge in [-0.15, -0.1) is 0 Å². The van der Waals surface area contributed by atoms with Crippen molar-refractivity contribution in [1.29, 1.82) is 0 Å². The summed E-state index contributed by atoms with van der Waals surface area (Å²) in [6, 6.07) is 6.37. The highest BCUT2D eigenvalue weighted by Crippen LogP contribution is 2.31. The van der Waals surface area contributed by atoms with Gasteiger partial charge in [-0.3, -0.25) is 4.79 Å². The predicted molar refractivity (Wildman–Crippen MR) is 99.7 cm³/mol. The molecule has 0 spiro atoms. The number of halogens is 3. The average Bonchev–Trinajstić information content (AvgIpc) is 3.18. The second kappa shape index (κ2) is 7.00. The number of anilines is 1. The summed E-state index contributed by atoms with van der Waals surface area (Å²) in [5.74, 6) is 0.0431. The van der Waals surface area contributed by atoms with E-state index in [1.54, 1.807) is 13.1 Å². The lowest BCUT2D eigenvalue weighted by Gasteiger charge is -2.18. The molecule has 4 rings (SSSR count). The van der Waals surface area contributed by atoms with Gasteiger partial charge in [0.1, 0.15) is 11.5 Å². The van der Waals surface area contributed by atoms with Gasteiger partial charge in [-0.25, -0.2) is 9.97 Å². The van der Waals surface area contributed by atoms with E-state index in [1.165, 1.54) is 23.2 Å². The maximum atomic E-state index is 12.8. The third-order valence-electron chi connectivity index (χ3n) is 4.88. The van der Waals surface area contributed by atoms with Gasteiger partial charge < -0.3 is 15.4 Å². The molecule has 9 heteroatoms. The number of aromatic nitrogens is 2. The number of carbonyl (C=O) groups is 1. The Balaban J connectivity index is 1.57. The average molecular weight is 402 g/mol. The smallest absolute Gasteiger partial charge is 0.383 e. The van der Waals surface area contributed by atoms with Crippen molar-refractivity contribution in [2.75, 3.05) is 12.8 Å². The molecule has 1 amide bonds. The minimum Gasteiger partial charge on any atom is -0.383 e. The van der Waals surface area contributed by atoms with Crippen LogP contribution in [-0.4, -0.2) is 27.8 Å². The Hall–Kier alpha value is -3.20. The molecule has 0 bridgehead atoms. The Bertz CT molecular complexity index is 1100. The third-order valence-corrected chi connectivity index (χ3v) is 4.88. The molecule has 0 fully saturated rings. The lowest BCUT2D eigenvalue weighted by Crippen LogP contribution is -2.27. The number of nitrogens with zero attached hydrogens (tertiary/aromatic N) is 3. The predicted octanol–water partition coefficient (Wildman–Crippen LogP) is 3.53. The fourth-order valence-electron chi connectivity index (χ4n) is 3.33. The highest BCUT2D eigenvalue weighted by atomic mass is 19.4. The molecule has 0 aliphatic carbocycles. The summed E-state index contributed by atoms with van der Waals surface area (Å²) in [5, 5.41) is 0.757. The van der Waals surface area contributed by atoms with Crippen LogP contribution in [0.4, 0.5) is 19.0 Å². The second-order valence-corrected chi connectivity index (χ2v) is 6.89. The van der Waals surface area contributed by atoms with E-state index in [-0.39, 0.29) is 18.1 Å². The van der Waals surface area contributed by atoms with Gasteiger partial charge in [0.15, 0.2) is 0 Å². The van der Waals surface area contributed by atoms with Gasteiger partial charge in [0.25, 0.3) is 5.91 Å². The minimum atomic E-state index is -4.39. The first-order valence-corrected chi connectivity index (χ1v) is 8.80. The lowest BCUT2D eigenvalue weighted by molar-refractivity contribution is -0.137. The van der Waals surface area contributed by atoms with Gasteiger partial charge in [-0.2, -0.15) is 13.2 Å². The number of benzene rings is 1. The molecule has 0 saturated carbocycles. The number of hydrogen-bond donors (Lipinski definition) is 1. The molecule has 1 aliphatic rings. The zero-order valence-corrected chi connectivity index (χ0v) is 15.5. The molecule has 2 aromatic heterocycles. The summed E-state index contributed by atoms with van der Waals surface area (Å²) in [7, 11) is 1.57. The van der Waals surface area contributed by atoms with E-state index in [0.29, 0.717) is 30.1 Å². The molecule has 6 nitrogen and oxygen atoms in total. The molecule has 3 heterocycles. The fourth-order valence-corrected chi connectivity index (χ4v) is 3.33. The van der Waals surface area contributed by atoms with Crippen molar-refractivity contribution < 1.29 is 22.7 Å². The Morgan fingerprint density at radius 1 is 1.21 bits per heavy atom. The van der Waals surface area contributed by atoms with Crippen molar-refractivity contribution in [3.05, 3.63) is 64.5 Å². The zero-order chi connectivity index (χ0) is 20.8. The molecule has 1 aromatic carbocycles. The van der Waals surface area contributed by atoms with Gasteiger partial charge in [0.2, 0.25) is 0 Å². The molecule has 1 aliphatic heterocycles. The van der Waals surface area contributed by atoms with Crippen molar-refractivity contribution in [1.82, 2.24) is 14.9 Å². The summed E-state index contributed by atoms with van der Waals surface area (Å²) in [6.07, 6.45) is -2.90. The SMILES string of the molecule is CN(Cc1ccc(C(F)(F)F)cc1)C(=O)c1cc2c3c(c(N)nc2cn1)COC3. The van der Waals surface area contributed by atoms with Crippen molar-refractivity contribution in [2.24, 2.45) is 0 Å². The number of alkyl halides is 3. The Kier molecular flexibility index (Phi) is 4.62. The monoisotopic (exact) mass is 402 g/mol. The molecule has 0 atom stereocenters. The van der Waals surface area contributed by atoms with Crippen LogP contribution in [0.2, 0.25) is 0 Å². The molecule has 0 unspecified atom stereocenters. The molecular weight excluding hydrogens is 385 g/mol. The number of nitrogen functional groups attached to an aromatic ring is 1. The van der Waals surface area contributed by atoms with Gasteiger partial charge in [-0.1, -0.05) is 12.1 Å². The summed E-state index contributed by atoms with van der Waals surface area (Å²) < 4.78 is 43.5. The van der Waals surface area contributed by atoms with Gasteiger partial charge in [-0.05, 0) is 29.3 Å². The number of nitrogens with two attached hydrogens (primary N) is 1. The highest BCUT2D eigenvalue weighted by molar-refractivity contribution is 5.97. The topological polar surface area (TPSA) is 81.3 Å². The molecule has 150 valence electrons. The Morgan fingerprint density at radius 3 is 2.59 bits per heavy atom. The van der Waals surface area contributed by atoms with Crippen molar-refractivity contribution in [3.63, 3.8) is 0 Å². The maximum absolute atomic E-state index is 12.8. The number of carbonyl (C=O) groups excluding carboxylic acids is 1. The van der Waals surface area contributed by atoms with Crippen molar-refractivity contribution >= 4 is 22.6 Å². The van der Waals surface area contributed by atoms with Crippen LogP contribution in [0.25, 0.3) is 10.9 Å². The van der Waals surface area contributed by atoms with Gasteiger partial charge >= 0.3 is 6.18 Å². The second-order valence-electron chi connectivity index (χ2n) is 6.89. The number of hydrogen-bond acceptors (Lipinski definition) is 5. The van der Waals surface area contributed by atoms with E-state index < -0.39 is 11.7 Å². The standard InChI is InChI=1S/C20H17F3N4O2/c1-27(8-11-2-4-12(5-3-11)20(21,22)23)19(28)16-6-13-14-9-29-10-15(14)18(24)26-17(13)7-25-16/h2-7H,8-10H2,1H3,(H2,24,26). The summed E-state index contributed by atoms with van der Waals surface area (Å²) in [6.45, 7) is 0.916. The molecule has 29 heavy (non-hydrogen) atoms. The quantitative estimate of drug-likeness (QED) is 0.725.